The highest BCUT2D eigenvalue weighted by molar-refractivity contribution is 7.12. The molecule has 2 amide bonds. The summed E-state index contributed by atoms with van der Waals surface area (Å²) < 4.78 is 0. The number of thiophene rings is 1. The molecule has 5 nitrogen and oxygen atoms in total. The molecule has 2 atom stereocenters. The number of carbonyl (C=O) groups is 2. The second kappa shape index (κ2) is 6.84. The summed E-state index contributed by atoms with van der Waals surface area (Å²) in [6, 6.07) is 4.26. The Hall–Kier alpha value is -1.40. The average Bonchev–Trinajstić information content (AvgIpc) is 3.33. The van der Waals surface area contributed by atoms with Crippen molar-refractivity contribution in [2.24, 2.45) is 0 Å². The van der Waals surface area contributed by atoms with E-state index in [1.165, 1.54) is 37.3 Å². The van der Waals surface area contributed by atoms with E-state index in [0.29, 0.717) is 6.42 Å². The number of carbonyl (C=O) groups excluding carboxylic acids is 2. The standard InChI is InChI=1S/C18H25N3O2S/c22-17-6-5-14-15(20(17)12-11-19-8-1-2-9-19)7-10-21(14)18(23)16-4-3-13-24-16/h3-4,13-15H,1-2,5-12H2/t14-,15-/m1/s1. The van der Waals surface area contributed by atoms with Crippen molar-refractivity contribution in [1.82, 2.24) is 14.7 Å². The summed E-state index contributed by atoms with van der Waals surface area (Å²) >= 11 is 1.51. The molecule has 0 unspecified atom stereocenters. The Morgan fingerprint density at radius 1 is 1.12 bits per heavy atom. The Kier molecular flexibility index (Phi) is 4.59. The normalized spacial score (nSPS) is 27.8. The average molecular weight is 347 g/mol. The lowest BCUT2D eigenvalue weighted by molar-refractivity contribution is -0.137. The summed E-state index contributed by atoms with van der Waals surface area (Å²) in [5, 5.41) is 1.95. The van der Waals surface area contributed by atoms with Crippen LogP contribution >= 0.6 is 11.3 Å². The highest BCUT2D eigenvalue weighted by Crippen LogP contribution is 2.33. The van der Waals surface area contributed by atoms with E-state index in [1.807, 2.05) is 22.4 Å². The van der Waals surface area contributed by atoms with Crippen LogP contribution in [0.3, 0.4) is 0 Å². The Morgan fingerprint density at radius 2 is 1.96 bits per heavy atom. The molecule has 130 valence electrons. The molecule has 3 aliphatic heterocycles. The lowest BCUT2D eigenvalue weighted by atomic mass is 9.96. The molecule has 0 aromatic carbocycles. The quantitative estimate of drug-likeness (QED) is 0.837. The molecule has 0 aliphatic carbocycles. The molecule has 24 heavy (non-hydrogen) atoms. The van der Waals surface area contributed by atoms with E-state index in [0.717, 1.165) is 37.4 Å². The van der Waals surface area contributed by atoms with Gasteiger partial charge in [0, 0.05) is 26.1 Å². The summed E-state index contributed by atoms with van der Waals surface area (Å²) in [4.78, 5) is 32.6. The van der Waals surface area contributed by atoms with Crippen molar-refractivity contribution < 1.29 is 9.59 Å². The maximum absolute atomic E-state index is 12.7. The Labute approximate surface area is 147 Å². The maximum Gasteiger partial charge on any atom is 0.264 e. The minimum atomic E-state index is 0.145. The van der Waals surface area contributed by atoms with Gasteiger partial charge < -0.3 is 14.7 Å². The molecule has 6 heteroatoms. The Bertz CT molecular complexity index is 597. The summed E-state index contributed by atoms with van der Waals surface area (Å²) in [5.74, 6) is 0.423. The van der Waals surface area contributed by atoms with Crippen molar-refractivity contribution in [3.63, 3.8) is 0 Å². The number of rotatable bonds is 4. The van der Waals surface area contributed by atoms with Crippen molar-refractivity contribution in [2.45, 2.75) is 44.2 Å². The van der Waals surface area contributed by atoms with Crippen molar-refractivity contribution in [2.75, 3.05) is 32.7 Å². The van der Waals surface area contributed by atoms with Crippen LogP contribution in [0.1, 0.15) is 41.8 Å². The second-order valence-electron chi connectivity index (χ2n) is 7.07. The van der Waals surface area contributed by atoms with Gasteiger partial charge in [-0.3, -0.25) is 9.59 Å². The molecule has 3 aliphatic rings. The third-order valence-corrected chi connectivity index (χ3v) is 6.59. The molecule has 1 aromatic heterocycles. The molecule has 0 spiro atoms. The fraction of sp³-hybridized carbons (Fsp3) is 0.667. The van der Waals surface area contributed by atoms with E-state index >= 15 is 0 Å². The Morgan fingerprint density at radius 3 is 2.71 bits per heavy atom. The molecule has 3 saturated heterocycles. The number of hydrogen-bond acceptors (Lipinski definition) is 4. The van der Waals surface area contributed by atoms with Crippen LogP contribution in [0.5, 0.6) is 0 Å². The monoisotopic (exact) mass is 347 g/mol. The lowest BCUT2D eigenvalue weighted by Gasteiger charge is -2.40. The van der Waals surface area contributed by atoms with Gasteiger partial charge in [-0.15, -0.1) is 11.3 Å². The lowest BCUT2D eigenvalue weighted by Crippen LogP contribution is -2.54. The zero-order valence-corrected chi connectivity index (χ0v) is 14.8. The minimum Gasteiger partial charge on any atom is -0.336 e. The molecular weight excluding hydrogens is 322 g/mol. The van der Waals surface area contributed by atoms with Gasteiger partial charge in [0.25, 0.3) is 5.91 Å². The maximum atomic E-state index is 12.7. The van der Waals surface area contributed by atoms with E-state index < -0.39 is 0 Å². The fourth-order valence-corrected chi connectivity index (χ4v) is 5.17. The van der Waals surface area contributed by atoms with Crippen LogP contribution in [-0.2, 0) is 4.79 Å². The van der Waals surface area contributed by atoms with Crippen LogP contribution < -0.4 is 0 Å². The first kappa shape index (κ1) is 16.1. The van der Waals surface area contributed by atoms with Gasteiger partial charge in [-0.2, -0.15) is 0 Å². The highest BCUT2D eigenvalue weighted by atomic mass is 32.1. The predicted molar refractivity (Wildman–Crippen MR) is 94.2 cm³/mol. The Balaban J connectivity index is 1.43. The van der Waals surface area contributed by atoms with E-state index in [1.54, 1.807) is 0 Å². The van der Waals surface area contributed by atoms with Crippen LogP contribution in [0, 0.1) is 0 Å². The number of amides is 2. The summed E-state index contributed by atoms with van der Waals surface area (Å²) in [7, 11) is 0. The van der Waals surface area contributed by atoms with Crippen molar-refractivity contribution >= 4 is 23.2 Å². The van der Waals surface area contributed by atoms with Crippen molar-refractivity contribution in [1.29, 1.82) is 0 Å². The van der Waals surface area contributed by atoms with Crippen LogP contribution in [0.15, 0.2) is 17.5 Å². The fourth-order valence-electron chi connectivity index (χ4n) is 4.49. The van der Waals surface area contributed by atoms with Gasteiger partial charge in [0.15, 0.2) is 0 Å². The SMILES string of the molecule is O=C1CC[C@@H]2[C@@H](CCN2C(=O)c2cccs2)N1CCN1CCCC1. The van der Waals surface area contributed by atoms with Crippen molar-refractivity contribution in [3.05, 3.63) is 22.4 Å². The molecular formula is C18H25N3O2S. The van der Waals surface area contributed by atoms with Crippen LogP contribution in [0.25, 0.3) is 0 Å². The van der Waals surface area contributed by atoms with E-state index in [2.05, 4.69) is 9.80 Å². The third kappa shape index (κ3) is 2.97. The molecule has 0 radical (unpaired) electrons. The van der Waals surface area contributed by atoms with Gasteiger partial charge in [-0.25, -0.2) is 0 Å². The van der Waals surface area contributed by atoms with E-state index in [9.17, 15) is 9.59 Å². The molecule has 4 rings (SSSR count). The molecule has 1 aromatic rings. The van der Waals surface area contributed by atoms with Crippen LogP contribution in [-0.4, -0.2) is 71.3 Å². The largest absolute Gasteiger partial charge is 0.336 e. The first-order valence-electron chi connectivity index (χ1n) is 9.10. The number of fused-ring (bicyclic) bond motifs is 1. The minimum absolute atomic E-state index is 0.145. The van der Waals surface area contributed by atoms with Crippen LogP contribution in [0.4, 0.5) is 0 Å². The van der Waals surface area contributed by atoms with Crippen molar-refractivity contribution in [3.8, 4) is 0 Å². The van der Waals surface area contributed by atoms with Gasteiger partial charge in [0.05, 0.1) is 17.0 Å². The van der Waals surface area contributed by atoms with Crippen LogP contribution in [0.2, 0.25) is 0 Å². The number of hydrogen-bond donors (Lipinski definition) is 0. The smallest absolute Gasteiger partial charge is 0.264 e. The third-order valence-electron chi connectivity index (χ3n) is 5.73. The zero-order valence-electron chi connectivity index (χ0n) is 14.0. The molecule has 3 fully saturated rings. The highest BCUT2D eigenvalue weighted by Gasteiger charge is 2.45. The van der Waals surface area contributed by atoms with Gasteiger partial charge >= 0.3 is 0 Å². The summed E-state index contributed by atoms with van der Waals surface area (Å²) in [6.45, 7) is 4.91. The zero-order chi connectivity index (χ0) is 16.5. The van der Waals surface area contributed by atoms with Gasteiger partial charge in [0.1, 0.15) is 0 Å². The number of piperidine rings is 1. The predicted octanol–water partition coefficient (Wildman–Crippen LogP) is 2.05. The van der Waals surface area contributed by atoms with E-state index in [4.69, 9.17) is 0 Å². The number of nitrogens with zero attached hydrogens (tertiary/aromatic N) is 3. The molecule has 4 heterocycles. The summed E-state index contributed by atoms with van der Waals surface area (Å²) in [6.07, 6.45) is 4.88. The molecule has 0 saturated carbocycles. The first-order valence-corrected chi connectivity index (χ1v) is 9.98. The van der Waals surface area contributed by atoms with E-state index in [-0.39, 0.29) is 23.9 Å². The van der Waals surface area contributed by atoms with Gasteiger partial charge in [-0.1, -0.05) is 6.07 Å². The summed E-state index contributed by atoms with van der Waals surface area (Å²) in [5.41, 5.74) is 0. The first-order chi connectivity index (χ1) is 11.7. The van der Waals surface area contributed by atoms with Gasteiger partial charge in [0.2, 0.25) is 5.91 Å². The second-order valence-corrected chi connectivity index (χ2v) is 8.02. The van der Waals surface area contributed by atoms with Gasteiger partial charge in [-0.05, 0) is 50.2 Å². The topological polar surface area (TPSA) is 43.9 Å². The molecule has 0 N–H and O–H groups in total. The molecule has 0 bridgehead atoms. The number of likely N-dealkylation sites (tertiary alicyclic amines) is 3.